The number of hydrogen-bond acceptors (Lipinski definition) is 4. The van der Waals surface area contributed by atoms with Crippen LogP contribution in [0, 0.1) is 0 Å². The summed E-state index contributed by atoms with van der Waals surface area (Å²) in [6, 6.07) is 20.3. The van der Waals surface area contributed by atoms with Crippen LogP contribution in [0.1, 0.15) is 17.5 Å². The van der Waals surface area contributed by atoms with Crippen molar-refractivity contribution in [1.82, 2.24) is 0 Å². The monoisotopic (exact) mass is 335 g/mol. The second-order valence-corrected chi connectivity index (χ2v) is 5.43. The highest BCUT2D eigenvalue weighted by atomic mass is 16.6. The van der Waals surface area contributed by atoms with Crippen molar-refractivity contribution in [3.8, 4) is 11.1 Å². The standard InChI is InChI=1S/C20H17NO4/c1-14(25-20(23)18-12-7-13-24-18)19(22)21-17-11-6-5-10-16(17)15-8-3-2-4-9-15/h2-14H,1H3,(H,21,22). The van der Waals surface area contributed by atoms with Gasteiger partial charge in [-0.1, -0.05) is 48.5 Å². The predicted octanol–water partition coefficient (Wildman–Crippen LogP) is 4.13. The summed E-state index contributed by atoms with van der Waals surface area (Å²) in [6.45, 7) is 1.52. The minimum Gasteiger partial charge on any atom is -0.457 e. The van der Waals surface area contributed by atoms with Crippen molar-refractivity contribution >= 4 is 17.6 Å². The largest absolute Gasteiger partial charge is 0.457 e. The number of benzene rings is 2. The summed E-state index contributed by atoms with van der Waals surface area (Å²) in [5.41, 5.74) is 2.53. The molecule has 1 heterocycles. The Bertz CT molecular complexity index is 856. The molecular weight excluding hydrogens is 318 g/mol. The number of anilines is 1. The first-order chi connectivity index (χ1) is 12.1. The summed E-state index contributed by atoms with van der Waals surface area (Å²) in [7, 11) is 0. The number of rotatable bonds is 5. The van der Waals surface area contributed by atoms with Gasteiger partial charge >= 0.3 is 5.97 Å². The molecule has 1 unspecified atom stereocenters. The van der Waals surface area contributed by atoms with Crippen LogP contribution < -0.4 is 5.32 Å². The third kappa shape index (κ3) is 3.95. The molecule has 0 aliphatic rings. The van der Waals surface area contributed by atoms with Crippen LogP contribution in [0.5, 0.6) is 0 Å². The zero-order valence-electron chi connectivity index (χ0n) is 13.6. The lowest BCUT2D eigenvalue weighted by atomic mass is 10.0. The summed E-state index contributed by atoms with van der Waals surface area (Å²) in [5.74, 6) is -1.03. The number of esters is 1. The van der Waals surface area contributed by atoms with Crippen molar-refractivity contribution in [2.45, 2.75) is 13.0 Å². The van der Waals surface area contributed by atoms with E-state index in [4.69, 9.17) is 9.15 Å². The predicted molar refractivity (Wildman–Crippen MR) is 94.1 cm³/mol. The Morgan fingerprint density at radius 2 is 1.68 bits per heavy atom. The van der Waals surface area contributed by atoms with E-state index in [0.717, 1.165) is 11.1 Å². The van der Waals surface area contributed by atoms with Crippen LogP contribution in [0.15, 0.2) is 77.4 Å². The first kappa shape index (κ1) is 16.5. The fraction of sp³-hybridized carbons (Fsp3) is 0.100. The number of furan rings is 1. The quantitative estimate of drug-likeness (QED) is 0.712. The van der Waals surface area contributed by atoms with E-state index < -0.39 is 18.0 Å². The Kier molecular flexibility index (Phi) is 4.95. The summed E-state index contributed by atoms with van der Waals surface area (Å²) < 4.78 is 10.1. The van der Waals surface area contributed by atoms with E-state index in [1.165, 1.54) is 19.3 Å². The average Bonchev–Trinajstić information content (AvgIpc) is 3.17. The zero-order valence-corrected chi connectivity index (χ0v) is 13.6. The van der Waals surface area contributed by atoms with E-state index in [9.17, 15) is 9.59 Å². The molecule has 126 valence electrons. The molecule has 0 fully saturated rings. The molecule has 0 saturated heterocycles. The molecule has 1 amide bonds. The zero-order chi connectivity index (χ0) is 17.6. The molecule has 5 heteroatoms. The van der Waals surface area contributed by atoms with E-state index in [1.54, 1.807) is 12.1 Å². The molecule has 0 saturated carbocycles. The van der Waals surface area contributed by atoms with Crippen molar-refractivity contribution in [2.75, 3.05) is 5.32 Å². The molecule has 0 aliphatic carbocycles. The van der Waals surface area contributed by atoms with Crippen LogP contribution in [0.25, 0.3) is 11.1 Å². The average molecular weight is 335 g/mol. The molecule has 1 atom stereocenters. The lowest BCUT2D eigenvalue weighted by molar-refractivity contribution is -0.123. The maximum atomic E-state index is 12.4. The normalized spacial score (nSPS) is 11.6. The van der Waals surface area contributed by atoms with Crippen molar-refractivity contribution in [1.29, 1.82) is 0 Å². The highest BCUT2D eigenvalue weighted by Gasteiger charge is 2.21. The van der Waals surface area contributed by atoms with Crippen LogP contribution in [-0.2, 0) is 9.53 Å². The van der Waals surface area contributed by atoms with Gasteiger partial charge in [0.15, 0.2) is 6.10 Å². The van der Waals surface area contributed by atoms with Gasteiger partial charge in [-0.2, -0.15) is 0 Å². The molecule has 0 bridgehead atoms. The minimum absolute atomic E-state index is 0.0596. The third-order valence-corrected chi connectivity index (χ3v) is 3.65. The van der Waals surface area contributed by atoms with Gasteiger partial charge in [0, 0.05) is 11.3 Å². The molecule has 1 aromatic heterocycles. The fourth-order valence-electron chi connectivity index (χ4n) is 2.36. The van der Waals surface area contributed by atoms with Gasteiger partial charge in [-0.15, -0.1) is 0 Å². The summed E-state index contributed by atoms with van der Waals surface area (Å²) >= 11 is 0. The molecular formula is C20H17NO4. The van der Waals surface area contributed by atoms with Crippen LogP contribution in [0.3, 0.4) is 0 Å². The number of nitrogens with one attached hydrogen (secondary N) is 1. The van der Waals surface area contributed by atoms with Crippen molar-refractivity contribution in [3.63, 3.8) is 0 Å². The smallest absolute Gasteiger partial charge is 0.374 e. The number of para-hydroxylation sites is 1. The van der Waals surface area contributed by atoms with Gasteiger partial charge < -0.3 is 14.5 Å². The molecule has 0 spiro atoms. The van der Waals surface area contributed by atoms with E-state index >= 15 is 0 Å². The van der Waals surface area contributed by atoms with E-state index in [2.05, 4.69) is 5.32 Å². The molecule has 0 radical (unpaired) electrons. The van der Waals surface area contributed by atoms with Gasteiger partial charge in [0.1, 0.15) is 0 Å². The lowest BCUT2D eigenvalue weighted by Gasteiger charge is -2.15. The maximum absolute atomic E-state index is 12.4. The highest BCUT2D eigenvalue weighted by molar-refractivity contribution is 5.99. The summed E-state index contributed by atoms with van der Waals surface area (Å²) in [4.78, 5) is 24.2. The maximum Gasteiger partial charge on any atom is 0.374 e. The number of hydrogen-bond donors (Lipinski definition) is 1. The summed E-state index contributed by atoms with van der Waals surface area (Å²) in [5, 5.41) is 2.81. The van der Waals surface area contributed by atoms with E-state index in [1.807, 2.05) is 48.5 Å². The molecule has 1 N–H and O–H groups in total. The molecule has 2 aromatic carbocycles. The Hall–Kier alpha value is -3.34. The first-order valence-electron chi connectivity index (χ1n) is 7.85. The number of carbonyl (C=O) groups excluding carboxylic acids is 2. The number of carbonyl (C=O) groups is 2. The van der Waals surface area contributed by atoms with Gasteiger partial charge in [-0.25, -0.2) is 4.79 Å². The van der Waals surface area contributed by atoms with Gasteiger partial charge in [0.05, 0.1) is 6.26 Å². The van der Waals surface area contributed by atoms with Crippen LogP contribution >= 0.6 is 0 Å². The first-order valence-corrected chi connectivity index (χ1v) is 7.85. The van der Waals surface area contributed by atoms with E-state index in [0.29, 0.717) is 5.69 Å². The van der Waals surface area contributed by atoms with E-state index in [-0.39, 0.29) is 5.76 Å². The van der Waals surface area contributed by atoms with Crippen LogP contribution in [-0.4, -0.2) is 18.0 Å². The Labute approximate surface area is 145 Å². The molecule has 25 heavy (non-hydrogen) atoms. The van der Waals surface area contributed by atoms with Gasteiger partial charge in [-0.3, -0.25) is 4.79 Å². The molecule has 3 rings (SSSR count). The van der Waals surface area contributed by atoms with Gasteiger partial charge in [0.2, 0.25) is 5.76 Å². The van der Waals surface area contributed by atoms with Gasteiger partial charge in [0.25, 0.3) is 5.91 Å². The van der Waals surface area contributed by atoms with Gasteiger partial charge in [-0.05, 0) is 30.7 Å². The Morgan fingerprint density at radius 3 is 2.40 bits per heavy atom. The SMILES string of the molecule is CC(OC(=O)c1ccco1)C(=O)Nc1ccccc1-c1ccccc1. The Morgan fingerprint density at radius 1 is 0.960 bits per heavy atom. The second kappa shape index (κ2) is 7.49. The summed E-state index contributed by atoms with van der Waals surface area (Å²) in [6.07, 6.45) is 0.415. The molecule has 0 aliphatic heterocycles. The van der Waals surface area contributed by atoms with Crippen molar-refractivity contribution in [3.05, 3.63) is 78.8 Å². The molecule has 3 aromatic rings. The minimum atomic E-state index is -0.957. The van der Waals surface area contributed by atoms with Crippen molar-refractivity contribution < 1.29 is 18.7 Å². The Balaban J connectivity index is 1.72. The highest BCUT2D eigenvalue weighted by Crippen LogP contribution is 2.27. The number of amides is 1. The second-order valence-electron chi connectivity index (χ2n) is 5.43. The van der Waals surface area contributed by atoms with Crippen LogP contribution in [0.4, 0.5) is 5.69 Å². The fourth-order valence-corrected chi connectivity index (χ4v) is 2.36. The third-order valence-electron chi connectivity index (χ3n) is 3.65. The van der Waals surface area contributed by atoms with Crippen LogP contribution in [0.2, 0.25) is 0 Å². The molecule has 5 nitrogen and oxygen atoms in total. The number of ether oxygens (including phenoxy) is 1. The topological polar surface area (TPSA) is 68.5 Å². The lowest BCUT2D eigenvalue weighted by Crippen LogP contribution is -2.30. The van der Waals surface area contributed by atoms with Crippen molar-refractivity contribution in [2.24, 2.45) is 0 Å².